The smallest absolute Gasteiger partial charge is 0.323 e. The number of nitrogens with one attached hydrogen (secondary N) is 1. The molecule has 0 saturated carbocycles. The Morgan fingerprint density at radius 1 is 1.47 bits per heavy atom. The number of thiazole rings is 1. The maximum absolute atomic E-state index is 10.3. The van der Waals surface area contributed by atoms with E-state index in [2.05, 4.69) is 20.1 Å². The van der Waals surface area contributed by atoms with Crippen LogP contribution in [0.5, 0.6) is 5.19 Å². The number of hydrogen-bond donors (Lipinski definition) is 1. The van der Waals surface area contributed by atoms with Gasteiger partial charge < -0.3 is 5.32 Å². The van der Waals surface area contributed by atoms with Crippen LogP contribution in [-0.2, 0) is 9.68 Å². The lowest BCUT2D eigenvalue weighted by Crippen LogP contribution is -2.02. The van der Waals surface area contributed by atoms with E-state index in [0.717, 1.165) is 11.3 Å². The first-order chi connectivity index (χ1) is 7.01. The highest BCUT2D eigenvalue weighted by atomic mass is 35.5. The molecule has 1 heterocycles. The lowest BCUT2D eigenvalue weighted by molar-refractivity contribution is -0.210. The first-order valence-corrected chi connectivity index (χ1v) is 5.33. The van der Waals surface area contributed by atoms with Crippen molar-refractivity contribution in [1.29, 1.82) is 0 Å². The summed E-state index contributed by atoms with van der Waals surface area (Å²) < 4.78 is 0.291. The molecule has 1 aromatic heterocycles. The second kappa shape index (κ2) is 7.70. The van der Waals surface area contributed by atoms with Gasteiger partial charge in [0.15, 0.2) is 5.15 Å². The van der Waals surface area contributed by atoms with E-state index in [1.807, 2.05) is 14.1 Å². The van der Waals surface area contributed by atoms with Crippen LogP contribution in [0.15, 0.2) is 0 Å². The molecule has 0 unspecified atom stereocenters. The summed E-state index contributed by atoms with van der Waals surface area (Å²) >= 11 is 12.0. The SMILES string of the molecule is CC(=O)OOc1nc(Cl)c(Cl)s1.CNC. The average Bonchev–Trinajstić information content (AvgIpc) is 2.44. The van der Waals surface area contributed by atoms with Gasteiger partial charge in [0.05, 0.1) is 0 Å². The molecule has 0 radical (unpaired) electrons. The Morgan fingerprint density at radius 2 is 2.00 bits per heavy atom. The van der Waals surface area contributed by atoms with Crippen molar-refractivity contribution in [2.45, 2.75) is 6.92 Å². The first-order valence-electron chi connectivity index (χ1n) is 3.76. The Balaban J connectivity index is 0.000000583. The maximum atomic E-state index is 10.3. The number of nitrogens with zero attached hydrogens (tertiary/aromatic N) is 1. The zero-order valence-corrected chi connectivity index (χ0v) is 10.7. The first kappa shape index (κ1) is 14.4. The highest BCUT2D eigenvalue weighted by molar-refractivity contribution is 7.18. The largest absolute Gasteiger partial charge is 0.352 e. The van der Waals surface area contributed by atoms with E-state index in [1.54, 1.807) is 0 Å². The van der Waals surface area contributed by atoms with Gasteiger partial charge in [0, 0.05) is 6.92 Å². The van der Waals surface area contributed by atoms with Crippen molar-refractivity contribution < 1.29 is 14.6 Å². The molecule has 1 rings (SSSR count). The summed E-state index contributed by atoms with van der Waals surface area (Å²) in [6.45, 7) is 1.21. The number of aromatic nitrogens is 1. The third-order valence-electron chi connectivity index (χ3n) is 0.759. The Morgan fingerprint density at radius 3 is 2.33 bits per heavy atom. The van der Waals surface area contributed by atoms with E-state index in [4.69, 9.17) is 23.2 Å². The van der Waals surface area contributed by atoms with E-state index < -0.39 is 5.97 Å². The van der Waals surface area contributed by atoms with Crippen LogP contribution < -0.4 is 10.2 Å². The molecule has 1 aromatic rings. The molecule has 1 N–H and O–H groups in total. The molecule has 0 fully saturated rings. The summed E-state index contributed by atoms with van der Waals surface area (Å²) in [5.41, 5.74) is 0. The van der Waals surface area contributed by atoms with Crippen molar-refractivity contribution in [3.63, 3.8) is 0 Å². The Labute approximate surface area is 101 Å². The van der Waals surface area contributed by atoms with E-state index in [1.165, 1.54) is 6.92 Å². The quantitative estimate of drug-likeness (QED) is 0.660. The molecule has 0 spiro atoms. The predicted octanol–water partition coefficient (Wildman–Crippen LogP) is 2.14. The van der Waals surface area contributed by atoms with Gasteiger partial charge in [-0.3, -0.25) is 4.89 Å². The van der Waals surface area contributed by atoms with Crippen molar-refractivity contribution in [2.75, 3.05) is 14.1 Å². The molecule has 0 aliphatic carbocycles. The summed E-state index contributed by atoms with van der Waals surface area (Å²) in [5, 5.41) is 2.98. The molecule has 8 heteroatoms. The minimum Gasteiger partial charge on any atom is -0.323 e. The fourth-order valence-corrected chi connectivity index (χ4v) is 1.37. The standard InChI is InChI=1S/C5H3Cl2NO3S.C2H7N/c1-2(9)10-11-5-8-3(6)4(7)12-5;1-3-2/h1H3;3H,1-2H3. The molecule has 0 aliphatic rings. The zero-order valence-electron chi connectivity index (χ0n) is 8.34. The minimum atomic E-state index is -0.572. The van der Waals surface area contributed by atoms with Gasteiger partial charge in [-0.25, -0.2) is 9.68 Å². The molecule has 0 aliphatic heterocycles. The van der Waals surface area contributed by atoms with Crippen LogP contribution >= 0.6 is 34.5 Å². The van der Waals surface area contributed by atoms with E-state index >= 15 is 0 Å². The van der Waals surface area contributed by atoms with Crippen molar-refractivity contribution in [3.05, 3.63) is 9.49 Å². The van der Waals surface area contributed by atoms with Crippen molar-refractivity contribution >= 4 is 40.5 Å². The number of carbonyl (C=O) groups excluding carboxylic acids is 1. The minimum absolute atomic E-state index is 0.0974. The van der Waals surface area contributed by atoms with Crippen LogP contribution in [0.1, 0.15) is 6.92 Å². The zero-order chi connectivity index (χ0) is 11.8. The molecule has 0 aromatic carbocycles. The van der Waals surface area contributed by atoms with E-state index in [-0.39, 0.29) is 10.3 Å². The van der Waals surface area contributed by atoms with Gasteiger partial charge in [-0.2, -0.15) is 4.98 Å². The number of carbonyl (C=O) groups is 1. The van der Waals surface area contributed by atoms with E-state index in [0.29, 0.717) is 4.34 Å². The van der Waals surface area contributed by atoms with Gasteiger partial charge in [-0.1, -0.05) is 34.5 Å². The summed E-state index contributed by atoms with van der Waals surface area (Å²) in [4.78, 5) is 22.6. The topological polar surface area (TPSA) is 60.5 Å². The highest BCUT2D eigenvalue weighted by Crippen LogP contribution is 2.32. The monoisotopic (exact) mass is 272 g/mol. The molecule has 15 heavy (non-hydrogen) atoms. The van der Waals surface area contributed by atoms with Gasteiger partial charge in [-0.15, -0.1) is 0 Å². The molecule has 5 nitrogen and oxygen atoms in total. The van der Waals surface area contributed by atoms with Crippen LogP contribution in [0.4, 0.5) is 0 Å². The number of halogens is 2. The Hall–Kier alpha value is -0.560. The summed E-state index contributed by atoms with van der Waals surface area (Å²) in [7, 11) is 3.75. The molecule has 0 bridgehead atoms. The summed E-state index contributed by atoms with van der Waals surface area (Å²) in [6, 6.07) is 0. The lowest BCUT2D eigenvalue weighted by atomic mass is 10.8. The fourth-order valence-electron chi connectivity index (χ4n) is 0.396. The molecule has 0 saturated heterocycles. The Kier molecular flexibility index (Phi) is 7.41. The second-order valence-electron chi connectivity index (χ2n) is 2.20. The molecule has 86 valence electrons. The van der Waals surface area contributed by atoms with Crippen LogP contribution in [-0.4, -0.2) is 25.0 Å². The van der Waals surface area contributed by atoms with Gasteiger partial charge in [0.1, 0.15) is 4.34 Å². The third-order valence-corrected chi connectivity index (χ3v) is 2.36. The maximum Gasteiger partial charge on any atom is 0.352 e. The van der Waals surface area contributed by atoms with Crippen LogP contribution in [0.2, 0.25) is 9.49 Å². The van der Waals surface area contributed by atoms with Crippen LogP contribution in [0.25, 0.3) is 0 Å². The van der Waals surface area contributed by atoms with Gasteiger partial charge >= 0.3 is 11.2 Å². The summed E-state index contributed by atoms with van der Waals surface area (Å²) in [5.74, 6) is -0.572. The highest BCUT2D eigenvalue weighted by Gasteiger charge is 2.09. The molecule has 0 amide bonds. The number of rotatable bonds is 2. The molecular weight excluding hydrogens is 263 g/mol. The van der Waals surface area contributed by atoms with Crippen molar-refractivity contribution in [2.24, 2.45) is 0 Å². The van der Waals surface area contributed by atoms with Crippen molar-refractivity contribution in [1.82, 2.24) is 10.3 Å². The second-order valence-corrected chi connectivity index (χ2v) is 4.12. The van der Waals surface area contributed by atoms with Gasteiger partial charge in [0.2, 0.25) is 0 Å². The van der Waals surface area contributed by atoms with Crippen LogP contribution in [0, 0.1) is 0 Å². The average molecular weight is 273 g/mol. The van der Waals surface area contributed by atoms with Crippen LogP contribution in [0.3, 0.4) is 0 Å². The van der Waals surface area contributed by atoms with Gasteiger partial charge in [0.25, 0.3) is 0 Å². The van der Waals surface area contributed by atoms with Gasteiger partial charge in [-0.05, 0) is 14.1 Å². The Bertz CT molecular complexity index is 300. The third kappa shape index (κ3) is 6.51. The van der Waals surface area contributed by atoms with Crippen molar-refractivity contribution in [3.8, 4) is 5.19 Å². The predicted molar refractivity (Wildman–Crippen MR) is 59.5 cm³/mol. The molecule has 0 atom stereocenters. The lowest BCUT2D eigenvalue weighted by Gasteiger charge is -1.94. The van der Waals surface area contributed by atoms with E-state index in [9.17, 15) is 4.79 Å². The molecular formula is C7H10Cl2N2O3S. The summed E-state index contributed by atoms with van der Waals surface area (Å²) in [6.07, 6.45) is 0. The normalized spacial score (nSPS) is 8.87. The fraction of sp³-hybridized carbons (Fsp3) is 0.429. The number of hydrogen-bond acceptors (Lipinski definition) is 6.